The van der Waals surface area contributed by atoms with E-state index in [1.807, 2.05) is 0 Å². The largest absolute Gasteiger partial charge is 0.308 e. The van der Waals surface area contributed by atoms with Gasteiger partial charge in [-0.2, -0.15) is 0 Å². The lowest BCUT2D eigenvalue weighted by Gasteiger charge is -2.23. The average molecular weight is 290 g/mol. The molecule has 1 N–H and O–H groups in total. The van der Waals surface area contributed by atoms with Crippen LogP contribution in [0.25, 0.3) is 0 Å². The first-order chi connectivity index (χ1) is 10.2. The van der Waals surface area contributed by atoms with Gasteiger partial charge in [-0.15, -0.1) is 0 Å². The van der Waals surface area contributed by atoms with Crippen LogP contribution in [0.5, 0.6) is 0 Å². The highest BCUT2D eigenvalue weighted by Gasteiger charge is 2.20. The number of hydrogen-bond donors (Lipinski definition) is 1. The van der Waals surface area contributed by atoms with Crippen LogP contribution in [0.15, 0.2) is 18.2 Å². The molecule has 0 radical (unpaired) electrons. The minimum absolute atomic E-state index is 0.743. The summed E-state index contributed by atoms with van der Waals surface area (Å²) in [5.74, 6) is 0. The molecule has 0 aromatic carbocycles. The summed E-state index contributed by atoms with van der Waals surface area (Å²) in [5.41, 5.74) is 2.36. The molecule has 0 amide bonds. The van der Waals surface area contributed by atoms with E-state index in [-0.39, 0.29) is 0 Å². The summed E-state index contributed by atoms with van der Waals surface area (Å²) in [6.45, 7) is 7.45. The first kappa shape index (κ1) is 16.4. The molecule has 1 aliphatic rings. The van der Waals surface area contributed by atoms with Crippen LogP contribution in [0.3, 0.4) is 0 Å². The summed E-state index contributed by atoms with van der Waals surface area (Å²) in [5, 5.41) is 3.54. The van der Waals surface area contributed by atoms with Crippen LogP contribution in [0, 0.1) is 0 Å². The lowest BCUT2D eigenvalue weighted by molar-refractivity contribution is 0.231. The van der Waals surface area contributed by atoms with Crippen LogP contribution in [0.1, 0.15) is 37.6 Å². The predicted octanol–water partition coefficient (Wildman–Crippen LogP) is 2.11. The highest BCUT2D eigenvalue weighted by atomic mass is 15.2. The molecule has 1 saturated carbocycles. The molecule has 21 heavy (non-hydrogen) atoms. The Morgan fingerprint density at radius 2 is 1.90 bits per heavy atom. The second kappa shape index (κ2) is 8.47. The highest BCUT2D eigenvalue weighted by molar-refractivity contribution is 5.11. The molecule has 0 unspecified atom stereocenters. The lowest BCUT2D eigenvalue weighted by atomic mass is 10.2. The van der Waals surface area contributed by atoms with E-state index in [9.17, 15) is 0 Å². The van der Waals surface area contributed by atoms with Gasteiger partial charge >= 0.3 is 0 Å². The molecule has 0 bridgehead atoms. The van der Waals surface area contributed by atoms with E-state index in [4.69, 9.17) is 4.98 Å². The molecule has 4 nitrogen and oxygen atoms in total. The van der Waals surface area contributed by atoms with Gasteiger partial charge in [0.05, 0.1) is 11.4 Å². The highest BCUT2D eigenvalue weighted by Crippen LogP contribution is 2.19. The maximum Gasteiger partial charge on any atom is 0.0547 e. The molecule has 0 atom stereocenters. The molecule has 0 spiro atoms. The van der Waals surface area contributed by atoms with Crippen LogP contribution in [0.4, 0.5) is 0 Å². The first-order valence-electron chi connectivity index (χ1n) is 8.22. The SMILES string of the molecule is CCCN(CCN(C)C)Cc1cccc(CNC2CC2)n1. The number of nitrogens with one attached hydrogen (secondary N) is 1. The second-order valence-electron chi connectivity index (χ2n) is 6.35. The number of aromatic nitrogens is 1. The van der Waals surface area contributed by atoms with E-state index in [0.29, 0.717) is 0 Å². The van der Waals surface area contributed by atoms with Crippen LogP contribution in [0.2, 0.25) is 0 Å². The lowest BCUT2D eigenvalue weighted by Crippen LogP contribution is -2.32. The number of likely N-dealkylation sites (N-methyl/N-ethyl adjacent to an activating group) is 1. The van der Waals surface area contributed by atoms with Gasteiger partial charge in [0.15, 0.2) is 0 Å². The molecule has 1 aromatic heterocycles. The number of pyridine rings is 1. The zero-order valence-corrected chi connectivity index (χ0v) is 13.8. The van der Waals surface area contributed by atoms with Crippen LogP contribution < -0.4 is 5.32 Å². The molecule has 1 aromatic rings. The second-order valence-corrected chi connectivity index (χ2v) is 6.35. The van der Waals surface area contributed by atoms with E-state index in [1.165, 1.54) is 30.7 Å². The Labute approximate surface area is 129 Å². The van der Waals surface area contributed by atoms with E-state index in [0.717, 1.165) is 38.8 Å². The summed E-state index contributed by atoms with van der Waals surface area (Å²) in [7, 11) is 4.26. The van der Waals surface area contributed by atoms with Gasteiger partial charge in [0.1, 0.15) is 0 Å². The molecule has 4 heteroatoms. The third-order valence-corrected chi connectivity index (χ3v) is 3.80. The van der Waals surface area contributed by atoms with Crippen molar-refractivity contribution in [2.24, 2.45) is 0 Å². The third kappa shape index (κ3) is 6.55. The summed E-state index contributed by atoms with van der Waals surface area (Å²) in [6.07, 6.45) is 3.85. The van der Waals surface area contributed by atoms with E-state index in [1.54, 1.807) is 0 Å². The van der Waals surface area contributed by atoms with Gasteiger partial charge in [0.25, 0.3) is 0 Å². The number of rotatable bonds is 10. The van der Waals surface area contributed by atoms with Gasteiger partial charge < -0.3 is 10.2 Å². The molecule has 118 valence electrons. The van der Waals surface area contributed by atoms with Crippen molar-refractivity contribution in [1.29, 1.82) is 0 Å². The Bertz CT molecular complexity index is 415. The predicted molar refractivity (Wildman–Crippen MR) is 88.2 cm³/mol. The van der Waals surface area contributed by atoms with Crippen molar-refractivity contribution in [3.8, 4) is 0 Å². The Morgan fingerprint density at radius 3 is 2.57 bits per heavy atom. The molecule has 2 rings (SSSR count). The Kier molecular flexibility index (Phi) is 6.61. The van der Waals surface area contributed by atoms with Crippen molar-refractivity contribution in [3.63, 3.8) is 0 Å². The number of hydrogen-bond acceptors (Lipinski definition) is 4. The average Bonchev–Trinajstić information content (AvgIpc) is 3.27. The van der Waals surface area contributed by atoms with E-state index in [2.05, 4.69) is 54.3 Å². The summed E-state index contributed by atoms with van der Waals surface area (Å²) in [4.78, 5) is 9.55. The van der Waals surface area contributed by atoms with Crippen LogP contribution in [-0.4, -0.2) is 54.6 Å². The smallest absolute Gasteiger partial charge is 0.0547 e. The standard InChI is InChI=1S/C17H30N4/c1-4-10-21(12-11-20(2)3)14-17-7-5-6-16(19-17)13-18-15-8-9-15/h5-7,15,18H,4,8-14H2,1-3H3. The Morgan fingerprint density at radius 1 is 1.14 bits per heavy atom. The fourth-order valence-corrected chi connectivity index (χ4v) is 2.41. The summed E-state index contributed by atoms with van der Waals surface area (Å²) in [6, 6.07) is 7.16. The first-order valence-corrected chi connectivity index (χ1v) is 8.22. The zero-order chi connectivity index (χ0) is 15.1. The van der Waals surface area contributed by atoms with Crippen molar-refractivity contribution in [2.75, 3.05) is 33.7 Å². The van der Waals surface area contributed by atoms with Gasteiger partial charge in [-0.25, -0.2) is 0 Å². The fourth-order valence-electron chi connectivity index (χ4n) is 2.41. The fraction of sp³-hybridized carbons (Fsp3) is 0.706. The maximum absolute atomic E-state index is 4.80. The normalized spacial score (nSPS) is 15.1. The topological polar surface area (TPSA) is 31.4 Å². The third-order valence-electron chi connectivity index (χ3n) is 3.80. The number of nitrogens with zero attached hydrogens (tertiary/aromatic N) is 3. The van der Waals surface area contributed by atoms with Gasteiger partial charge in [0, 0.05) is 32.2 Å². The van der Waals surface area contributed by atoms with Gasteiger partial charge in [-0.05, 0) is 52.0 Å². The van der Waals surface area contributed by atoms with Gasteiger partial charge in [0.2, 0.25) is 0 Å². The zero-order valence-electron chi connectivity index (χ0n) is 13.8. The molecule has 0 saturated heterocycles. The molecular formula is C17H30N4. The van der Waals surface area contributed by atoms with E-state index >= 15 is 0 Å². The van der Waals surface area contributed by atoms with E-state index < -0.39 is 0 Å². The van der Waals surface area contributed by atoms with Gasteiger partial charge in [-0.3, -0.25) is 9.88 Å². The van der Waals surface area contributed by atoms with Crippen LogP contribution in [-0.2, 0) is 13.1 Å². The summed E-state index contributed by atoms with van der Waals surface area (Å²) >= 11 is 0. The Balaban J connectivity index is 1.86. The maximum atomic E-state index is 4.80. The molecule has 0 aliphatic heterocycles. The molecule has 1 aliphatic carbocycles. The van der Waals surface area contributed by atoms with Gasteiger partial charge in [-0.1, -0.05) is 13.0 Å². The molecule has 1 heterocycles. The van der Waals surface area contributed by atoms with Crippen LogP contribution >= 0.6 is 0 Å². The van der Waals surface area contributed by atoms with Crippen molar-refractivity contribution < 1.29 is 0 Å². The molecule has 1 fully saturated rings. The van der Waals surface area contributed by atoms with Crippen molar-refractivity contribution in [2.45, 2.75) is 45.3 Å². The van der Waals surface area contributed by atoms with Crippen molar-refractivity contribution in [1.82, 2.24) is 20.1 Å². The monoisotopic (exact) mass is 290 g/mol. The minimum Gasteiger partial charge on any atom is -0.308 e. The Hall–Kier alpha value is -0.970. The minimum atomic E-state index is 0.743. The summed E-state index contributed by atoms with van der Waals surface area (Å²) < 4.78 is 0. The quantitative estimate of drug-likeness (QED) is 0.715. The molecular weight excluding hydrogens is 260 g/mol. The van der Waals surface area contributed by atoms with Crippen molar-refractivity contribution >= 4 is 0 Å². The van der Waals surface area contributed by atoms with Crippen molar-refractivity contribution in [3.05, 3.63) is 29.6 Å².